The topological polar surface area (TPSA) is 18.5 Å². The maximum atomic E-state index is 5.40. The molecule has 0 bridgehead atoms. The van der Waals surface area contributed by atoms with Crippen molar-refractivity contribution < 1.29 is 9.47 Å². The molecule has 0 heterocycles. The number of hydrogen-bond acceptors (Lipinski definition) is 2. The first-order chi connectivity index (χ1) is 9.47. The highest BCUT2D eigenvalue weighted by Crippen LogP contribution is 2.37. The summed E-state index contributed by atoms with van der Waals surface area (Å²) in [5.41, 5.74) is 3.81. The Kier molecular flexibility index (Phi) is 4.03. The number of hydrogen-bond donors (Lipinski definition) is 0. The molecule has 20 heavy (non-hydrogen) atoms. The monoisotopic (exact) mass is 270 g/mol. The molecule has 0 amide bonds. The lowest BCUT2D eigenvalue weighted by Crippen LogP contribution is -2.12. The molecule has 2 aromatic rings. The Morgan fingerprint density at radius 1 is 0.800 bits per heavy atom. The Morgan fingerprint density at radius 2 is 1.45 bits per heavy atom. The normalized spacial score (nSPS) is 11.2. The number of methoxy groups -OCH3 is 2. The molecule has 0 radical (unpaired) electrons. The van der Waals surface area contributed by atoms with Crippen LogP contribution in [0.1, 0.15) is 26.3 Å². The minimum absolute atomic E-state index is 0.101. The lowest BCUT2D eigenvalue weighted by Gasteiger charge is -2.23. The summed E-state index contributed by atoms with van der Waals surface area (Å²) in [5.74, 6) is 1.51. The first kappa shape index (κ1) is 14.4. The lowest BCUT2D eigenvalue weighted by atomic mass is 9.82. The predicted molar refractivity (Wildman–Crippen MR) is 83.7 cm³/mol. The number of benzene rings is 2. The van der Waals surface area contributed by atoms with Gasteiger partial charge in [-0.15, -0.1) is 0 Å². The van der Waals surface area contributed by atoms with Crippen LogP contribution in [-0.2, 0) is 5.41 Å². The van der Waals surface area contributed by atoms with E-state index in [0.29, 0.717) is 0 Å². The van der Waals surface area contributed by atoms with E-state index < -0.39 is 0 Å². The minimum atomic E-state index is 0.101. The quantitative estimate of drug-likeness (QED) is 0.807. The van der Waals surface area contributed by atoms with Crippen LogP contribution in [0, 0.1) is 0 Å². The summed E-state index contributed by atoms with van der Waals surface area (Å²) < 4.78 is 10.7. The van der Waals surface area contributed by atoms with Gasteiger partial charge in [-0.2, -0.15) is 0 Å². The SMILES string of the molecule is COc1ccc(-c2ccccc2C(C)(C)C)cc1OC. The standard InChI is InChI=1S/C18H22O2/c1-18(2,3)15-9-7-6-8-14(15)13-10-11-16(19-4)17(12-13)20-5/h6-12H,1-5H3. The second-order valence-corrected chi connectivity index (χ2v) is 5.87. The van der Waals surface area contributed by atoms with Crippen LogP contribution in [0.5, 0.6) is 11.5 Å². The third-order valence-corrected chi connectivity index (χ3v) is 3.43. The Bertz CT molecular complexity index is 595. The Morgan fingerprint density at radius 3 is 2.05 bits per heavy atom. The lowest BCUT2D eigenvalue weighted by molar-refractivity contribution is 0.355. The van der Waals surface area contributed by atoms with Gasteiger partial charge in [-0.3, -0.25) is 0 Å². The highest BCUT2D eigenvalue weighted by Gasteiger charge is 2.18. The zero-order chi connectivity index (χ0) is 14.8. The van der Waals surface area contributed by atoms with E-state index in [9.17, 15) is 0 Å². The first-order valence-corrected chi connectivity index (χ1v) is 6.79. The molecule has 106 valence electrons. The second-order valence-electron chi connectivity index (χ2n) is 5.87. The van der Waals surface area contributed by atoms with Crippen molar-refractivity contribution in [1.29, 1.82) is 0 Å². The fraction of sp³-hybridized carbons (Fsp3) is 0.333. The van der Waals surface area contributed by atoms with Crippen LogP contribution in [0.15, 0.2) is 42.5 Å². The predicted octanol–water partition coefficient (Wildman–Crippen LogP) is 4.67. The van der Waals surface area contributed by atoms with Crippen LogP contribution in [0.4, 0.5) is 0 Å². The van der Waals surface area contributed by atoms with Crippen LogP contribution < -0.4 is 9.47 Å². The van der Waals surface area contributed by atoms with Crippen molar-refractivity contribution in [3.8, 4) is 22.6 Å². The Balaban J connectivity index is 2.58. The third kappa shape index (κ3) is 2.79. The molecule has 0 saturated heterocycles. The Hall–Kier alpha value is -1.96. The molecule has 0 aliphatic rings. The van der Waals surface area contributed by atoms with E-state index in [1.54, 1.807) is 14.2 Å². The molecule has 0 aromatic heterocycles. The molecule has 0 spiro atoms. The summed E-state index contributed by atoms with van der Waals surface area (Å²) in [5, 5.41) is 0. The molecule has 0 fully saturated rings. The molecule has 2 aromatic carbocycles. The molecule has 0 atom stereocenters. The van der Waals surface area contributed by atoms with Gasteiger partial charge in [0, 0.05) is 0 Å². The van der Waals surface area contributed by atoms with Gasteiger partial charge in [-0.05, 0) is 34.2 Å². The number of ether oxygens (including phenoxy) is 2. The van der Waals surface area contributed by atoms with Gasteiger partial charge in [0.15, 0.2) is 11.5 Å². The molecule has 2 heteroatoms. The van der Waals surface area contributed by atoms with E-state index in [0.717, 1.165) is 17.1 Å². The van der Waals surface area contributed by atoms with Gasteiger partial charge in [0.2, 0.25) is 0 Å². The maximum absolute atomic E-state index is 5.40. The van der Waals surface area contributed by atoms with E-state index in [1.165, 1.54) is 11.1 Å². The fourth-order valence-corrected chi connectivity index (χ4v) is 2.39. The summed E-state index contributed by atoms with van der Waals surface area (Å²) >= 11 is 0. The van der Waals surface area contributed by atoms with Crippen molar-refractivity contribution in [2.45, 2.75) is 26.2 Å². The third-order valence-electron chi connectivity index (χ3n) is 3.43. The molecular formula is C18H22O2. The molecule has 2 nitrogen and oxygen atoms in total. The van der Waals surface area contributed by atoms with Crippen molar-refractivity contribution in [3.05, 3.63) is 48.0 Å². The molecule has 2 rings (SSSR count). The van der Waals surface area contributed by atoms with Crippen molar-refractivity contribution in [2.24, 2.45) is 0 Å². The molecule has 0 aliphatic carbocycles. The summed E-state index contributed by atoms with van der Waals surface area (Å²) in [4.78, 5) is 0. The molecule has 0 unspecified atom stereocenters. The van der Waals surface area contributed by atoms with Crippen LogP contribution >= 0.6 is 0 Å². The van der Waals surface area contributed by atoms with Crippen LogP contribution in [0.3, 0.4) is 0 Å². The summed E-state index contributed by atoms with van der Waals surface area (Å²) in [6.07, 6.45) is 0. The van der Waals surface area contributed by atoms with E-state index in [1.807, 2.05) is 12.1 Å². The zero-order valence-corrected chi connectivity index (χ0v) is 12.9. The van der Waals surface area contributed by atoms with E-state index in [2.05, 4.69) is 51.1 Å². The van der Waals surface area contributed by atoms with Gasteiger partial charge < -0.3 is 9.47 Å². The summed E-state index contributed by atoms with van der Waals surface area (Å²) in [7, 11) is 3.32. The molecule has 0 N–H and O–H groups in total. The number of rotatable bonds is 3. The minimum Gasteiger partial charge on any atom is -0.493 e. The van der Waals surface area contributed by atoms with Gasteiger partial charge in [0.1, 0.15) is 0 Å². The van der Waals surface area contributed by atoms with Gasteiger partial charge in [-0.25, -0.2) is 0 Å². The molecular weight excluding hydrogens is 248 g/mol. The van der Waals surface area contributed by atoms with Crippen molar-refractivity contribution in [3.63, 3.8) is 0 Å². The van der Waals surface area contributed by atoms with Crippen LogP contribution in [0.2, 0.25) is 0 Å². The van der Waals surface area contributed by atoms with Crippen LogP contribution in [0.25, 0.3) is 11.1 Å². The summed E-state index contributed by atoms with van der Waals surface area (Å²) in [6, 6.07) is 14.6. The Labute approximate surface area is 121 Å². The highest BCUT2D eigenvalue weighted by atomic mass is 16.5. The largest absolute Gasteiger partial charge is 0.493 e. The molecule has 0 aliphatic heterocycles. The van der Waals surface area contributed by atoms with E-state index >= 15 is 0 Å². The zero-order valence-electron chi connectivity index (χ0n) is 12.9. The summed E-state index contributed by atoms with van der Waals surface area (Å²) in [6.45, 7) is 6.69. The van der Waals surface area contributed by atoms with E-state index in [-0.39, 0.29) is 5.41 Å². The highest BCUT2D eigenvalue weighted by molar-refractivity contribution is 5.71. The van der Waals surface area contributed by atoms with Gasteiger partial charge in [0.05, 0.1) is 14.2 Å². The smallest absolute Gasteiger partial charge is 0.161 e. The van der Waals surface area contributed by atoms with Crippen LogP contribution in [-0.4, -0.2) is 14.2 Å². The fourth-order valence-electron chi connectivity index (χ4n) is 2.39. The maximum Gasteiger partial charge on any atom is 0.161 e. The van der Waals surface area contributed by atoms with Gasteiger partial charge >= 0.3 is 0 Å². The average molecular weight is 270 g/mol. The van der Waals surface area contributed by atoms with Gasteiger partial charge in [0.25, 0.3) is 0 Å². The second kappa shape index (κ2) is 5.58. The van der Waals surface area contributed by atoms with Gasteiger partial charge in [-0.1, -0.05) is 51.1 Å². The van der Waals surface area contributed by atoms with Crippen molar-refractivity contribution >= 4 is 0 Å². The van der Waals surface area contributed by atoms with Crippen molar-refractivity contribution in [2.75, 3.05) is 14.2 Å². The first-order valence-electron chi connectivity index (χ1n) is 6.79. The van der Waals surface area contributed by atoms with E-state index in [4.69, 9.17) is 9.47 Å². The van der Waals surface area contributed by atoms with Crippen molar-refractivity contribution in [1.82, 2.24) is 0 Å². The molecule has 0 saturated carbocycles. The average Bonchev–Trinajstić information content (AvgIpc) is 2.45.